The Morgan fingerprint density at radius 3 is 0.884 bits per heavy atom. The fourth-order valence-corrected chi connectivity index (χ4v) is 18.3. The Hall–Kier alpha value is -16.6. The smallest absolute Gasteiger partial charge is 0.497 e. The molecule has 0 saturated carbocycles. The summed E-state index contributed by atoms with van der Waals surface area (Å²) in [6.45, 7) is -2.62. The molecule has 0 aliphatic carbocycles. The van der Waals surface area contributed by atoms with E-state index in [2.05, 4.69) is 172 Å². The average Bonchev–Trinajstić information content (AvgIpc) is 1.64. The van der Waals surface area contributed by atoms with Gasteiger partial charge in [-0.1, -0.05) is 236 Å². The first-order chi connectivity index (χ1) is 72.8. The summed E-state index contributed by atoms with van der Waals surface area (Å²) in [5, 5.41) is 22.0. The van der Waals surface area contributed by atoms with Crippen molar-refractivity contribution in [2.75, 3.05) is 0 Å². The zero-order chi connectivity index (χ0) is 100. The number of hydrogen-bond acceptors (Lipinski definition) is 16. The van der Waals surface area contributed by atoms with Crippen LogP contribution in [-0.4, -0.2) is 39.9 Å². The van der Waals surface area contributed by atoms with Crippen LogP contribution >= 0.6 is 0 Å². The standard InChI is InChI=1S/C34H18N2O2.C32H20N2O2.C31H18N2O2.C30H16N2O2.4Pt/c1-2-7-25-20-35-31(18-22(25)6-1)23-8-5-9-26(16-23)37-27-15-14-21-12-13-24-17-30-28-10-3-4-11-32(28)38-34(30)36-33(24)29(21)19-27;1-19-14-29(33-18-20(19)2)22-6-5-7-24(15-22)35-25-13-12-21-10-11-23-16-28-26-8-3-4-9-30(26)36-32(28)34-31(23)27(21)17-25;1-19-9-14-28(32-18-19)21-5-4-6-23(15-21)34-24-13-12-20-10-11-22-16-27-25-7-2-3-8-29(25)35-31(27)33-30(22)26(20)17-24;1-2-10-28-24(8-1)26-17-21-12-11-19-13-14-23(18-25(19)29(21)32-30(26)34-28)33-22-7-5-6-20(16-22)27-9-3-4-15-31-27;;;;/h1-15,17-18,20H;3-14,16,18H,1-2H3;2-14,16,18H,1H3;1-15,17H;;;;/q4*-2;4*+2/i;2D3;1D3;;;;;. The third-order valence-corrected chi connectivity index (χ3v) is 25.4. The molecule has 0 amide bonds. The summed E-state index contributed by atoms with van der Waals surface area (Å²) in [4.78, 5) is 37.2. The van der Waals surface area contributed by atoms with Gasteiger partial charge in [0.05, 0.1) is 0 Å². The topological polar surface area (TPSA) is 193 Å². The maximum atomic E-state index is 7.67. The van der Waals surface area contributed by atoms with Gasteiger partial charge in [0, 0.05) is 122 Å². The molecular formula is C127H72N8O8Pt4. The number of furan rings is 4. The zero-order valence-corrected chi connectivity index (χ0v) is 86.1. The van der Waals surface area contributed by atoms with Gasteiger partial charge in [-0.15, -0.1) is 187 Å². The average molecular weight is 2620 g/mol. The number of pyridine rings is 8. The molecule has 147 heavy (non-hydrogen) atoms. The molecule has 12 heterocycles. The van der Waals surface area contributed by atoms with Crippen molar-refractivity contribution >= 4 is 186 Å². The van der Waals surface area contributed by atoms with Crippen LogP contribution in [0, 0.1) is 69.2 Å². The number of nitrogens with zero attached hydrogens (tertiary/aromatic N) is 8. The number of para-hydroxylation sites is 4. The van der Waals surface area contributed by atoms with E-state index < -0.39 is 13.7 Å². The largest absolute Gasteiger partial charge is 2.00 e. The number of aryl methyl sites for hydroxylation is 3. The van der Waals surface area contributed by atoms with Crippen LogP contribution in [0.1, 0.15) is 24.9 Å². The number of aromatic nitrogens is 8. The molecule has 708 valence electrons. The van der Waals surface area contributed by atoms with Crippen LogP contribution in [0.5, 0.6) is 46.0 Å². The number of ether oxygens (including phenoxy) is 4. The van der Waals surface area contributed by atoms with Crippen LogP contribution in [0.2, 0.25) is 0 Å². The molecule has 0 saturated heterocycles. The number of rotatable bonds is 12. The number of fused-ring (bicyclic) bond motifs is 25. The molecule has 0 aliphatic heterocycles. The van der Waals surface area contributed by atoms with E-state index >= 15 is 0 Å². The van der Waals surface area contributed by atoms with Crippen molar-refractivity contribution in [1.29, 1.82) is 0 Å². The molecule has 12 aromatic heterocycles. The van der Waals surface area contributed by atoms with E-state index in [4.69, 9.17) is 64.8 Å². The minimum Gasteiger partial charge on any atom is -0.497 e. The van der Waals surface area contributed by atoms with Crippen molar-refractivity contribution in [3.63, 3.8) is 0 Å². The van der Waals surface area contributed by atoms with Gasteiger partial charge in [0.25, 0.3) is 0 Å². The third-order valence-electron chi connectivity index (χ3n) is 25.4. The minimum atomic E-state index is -2.20. The van der Waals surface area contributed by atoms with Crippen molar-refractivity contribution in [1.82, 2.24) is 39.9 Å². The summed E-state index contributed by atoms with van der Waals surface area (Å²) < 4.78 is 94.4. The maximum Gasteiger partial charge on any atom is 2.00 e. The van der Waals surface area contributed by atoms with Crippen molar-refractivity contribution in [2.24, 2.45) is 0 Å². The summed E-state index contributed by atoms with van der Waals surface area (Å²) >= 11 is 0. The normalized spacial score (nSPS) is 12.1. The van der Waals surface area contributed by atoms with Gasteiger partial charge in [0.2, 0.25) is 22.9 Å². The predicted octanol–water partition coefficient (Wildman–Crippen LogP) is 33.0. The first-order valence-corrected chi connectivity index (χ1v) is 46.2. The fourth-order valence-electron chi connectivity index (χ4n) is 18.3. The van der Waals surface area contributed by atoms with Gasteiger partial charge in [-0.25, -0.2) is 0 Å². The second-order valence-corrected chi connectivity index (χ2v) is 34.5. The molecule has 0 radical (unpaired) electrons. The Labute approximate surface area is 906 Å². The summed E-state index contributed by atoms with van der Waals surface area (Å²) in [6.07, 6.45) is 6.44. The quantitative estimate of drug-likeness (QED) is 0.0827. The van der Waals surface area contributed by atoms with Crippen molar-refractivity contribution in [2.45, 2.75) is 20.6 Å². The molecule has 29 rings (SSSR count). The van der Waals surface area contributed by atoms with Gasteiger partial charge in [-0.2, -0.15) is 0 Å². The Balaban J connectivity index is 0.000000114. The third kappa shape index (κ3) is 18.8. The molecule has 0 aliphatic rings. The molecule has 0 unspecified atom stereocenters. The van der Waals surface area contributed by atoms with Gasteiger partial charge in [0.1, 0.15) is 22.3 Å². The second-order valence-electron chi connectivity index (χ2n) is 34.5. The van der Waals surface area contributed by atoms with E-state index in [1.165, 1.54) is 12.4 Å². The van der Waals surface area contributed by atoms with Crippen LogP contribution < -0.4 is 18.9 Å². The molecule has 29 aromatic rings. The molecule has 0 atom stereocenters. The molecule has 16 nitrogen and oxygen atoms in total. The monoisotopic (exact) mass is 2620 g/mol. The number of benzene rings is 17. The fraction of sp³-hybridized carbons (Fsp3) is 0.0236. The van der Waals surface area contributed by atoms with Crippen molar-refractivity contribution in [3.8, 4) is 91.0 Å². The van der Waals surface area contributed by atoms with Crippen LogP contribution in [0.4, 0.5) is 0 Å². The van der Waals surface area contributed by atoms with Gasteiger partial charge in [-0.3, -0.25) is 19.9 Å². The van der Waals surface area contributed by atoms with Gasteiger partial charge >= 0.3 is 84.3 Å². The first kappa shape index (κ1) is 88.2. The molecule has 20 heteroatoms. The maximum absolute atomic E-state index is 7.67. The van der Waals surface area contributed by atoms with E-state index in [1.807, 2.05) is 237 Å². The summed E-state index contributed by atoms with van der Waals surface area (Å²) in [7, 11) is 0. The Morgan fingerprint density at radius 2 is 0.537 bits per heavy atom. The molecule has 0 N–H and O–H groups in total. The van der Waals surface area contributed by atoms with E-state index in [0.717, 1.165) is 185 Å². The van der Waals surface area contributed by atoms with E-state index in [-0.39, 0.29) is 95.4 Å². The molecule has 0 spiro atoms. The Morgan fingerprint density at radius 1 is 0.224 bits per heavy atom. The molecular weight excluding hydrogens is 2550 g/mol. The molecule has 0 fully saturated rings. The Kier molecular flexibility index (Phi) is 24.3. The van der Waals surface area contributed by atoms with Crippen molar-refractivity contribution in [3.05, 3.63) is 448 Å². The SMILES string of the molecule is [2H]C([2H])([2H])c1ccc(-c2[c-]c(Oc3[c-]c4c(cc3)ccc3cc5c(nc34)oc3ccccc35)ccc2)nc1.[2H]C([2H])([2H])c1cnc(-c2[c-]c(Oc3[c-]c4c(cc3)ccc3cc5c(nc34)oc3ccccc35)ccc2)cc1C.[Pt+2].[Pt+2].[Pt+2].[Pt+2].[c-]1c(Oc2[c-]c3c(cc2)ccc2cc4c(nc23)oc2ccccc24)cccc1-c1cc2ccccc2cn1.[c-]1c(Oc2[c-]c3c(cc2)ccc2cc4c(nc23)oc2ccccc24)cccc1-c1ccccn1. The second kappa shape index (κ2) is 40.6. The van der Waals surface area contributed by atoms with Gasteiger partial charge < -0.3 is 56.6 Å². The molecule has 17 aromatic carbocycles. The summed E-state index contributed by atoms with van der Waals surface area (Å²) in [5.41, 5.74) is 16.1. The predicted molar refractivity (Wildman–Crippen MR) is 568 cm³/mol. The van der Waals surface area contributed by atoms with Gasteiger partial charge in [0.15, 0.2) is 0 Å². The van der Waals surface area contributed by atoms with Crippen LogP contribution in [0.3, 0.4) is 0 Å². The minimum absolute atomic E-state index is 0. The van der Waals surface area contributed by atoms with E-state index in [9.17, 15) is 0 Å². The zero-order valence-electron chi connectivity index (χ0n) is 83.0. The molecule has 0 bridgehead atoms. The van der Waals surface area contributed by atoms with Crippen LogP contribution in [0.25, 0.3) is 231 Å². The van der Waals surface area contributed by atoms with Crippen LogP contribution in [-0.2, 0) is 84.3 Å². The summed E-state index contributed by atoms with van der Waals surface area (Å²) in [5.74, 6) is 4.43. The van der Waals surface area contributed by atoms with Crippen LogP contribution in [0.15, 0.2) is 400 Å². The first-order valence-electron chi connectivity index (χ1n) is 49.2. The Bertz CT molecular complexity index is 10500. The van der Waals surface area contributed by atoms with Gasteiger partial charge in [-0.05, 0) is 164 Å². The van der Waals surface area contributed by atoms with Crippen molar-refractivity contribution < 1.29 is 129 Å². The van der Waals surface area contributed by atoms with E-state index in [1.54, 1.807) is 37.4 Å². The van der Waals surface area contributed by atoms with E-state index in [0.29, 0.717) is 96.9 Å². The summed E-state index contributed by atoms with van der Waals surface area (Å²) in [6, 6.07) is 143. The number of hydrogen-bond donors (Lipinski definition) is 0.